The molecule has 1 aliphatic heterocycles. The molecule has 552 valence electrons. The summed E-state index contributed by atoms with van der Waals surface area (Å²) in [5, 5.41) is 33.5. The number of amides is 11. The normalized spacial score (nSPS) is 26.2. The van der Waals surface area contributed by atoms with Crippen LogP contribution in [-0.4, -0.2) is 267 Å². The number of thioether (sulfide) groups is 1. The number of nitrogens with one attached hydrogen (secondary N) is 4. The fourth-order valence-corrected chi connectivity index (χ4v) is 13.0. The second-order valence-electron chi connectivity index (χ2n) is 29.7. The molecule has 25 nitrogen and oxygen atoms in total. The molecule has 0 saturated carbocycles. The number of aliphatic hydroxyl groups excluding tert-OH is 1. The third-order valence-corrected chi connectivity index (χ3v) is 19.6. The Bertz CT molecular complexity index is 2610. The molecule has 0 aliphatic carbocycles. The van der Waals surface area contributed by atoms with Crippen molar-refractivity contribution in [3.63, 3.8) is 0 Å². The van der Waals surface area contributed by atoms with Gasteiger partial charge in [0, 0.05) is 61.8 Å². The Morgan fingerprint density at radius 2 is 0.979 bits per heavy atom. The largest absolute Gasteiger partial charge is 0.390 e. The summed E-state index contributed by atoms with van der Waals surface area (Å²) in [6.07, 6.45) is 3.70. The summed E-state index contributed by atoms with van der Waals surface area (Å²) in [5.41, 5.74) is -1.59. The number of likely N-dealkylation sites (N-methyl/N-ethyl adjacent to an activating group) is 7. The molecule has 1 saturated heterocycles. The van der Waals surface area contributed by atoms with Gasteiger partial charge >= 0.3 is 0 Å². The van der Waals surface area contributed by atoms with Crippen molar-refractivity contribution in [3.8, 4) is 0 Å². The first-order valence-electron chi connectivity index (χ1n) is 34.7. The summed E-state index contributed by atoms with van der Waals surface area (Å²) in [6, 6.07) is -12.8. The number of hydrogen-bond donors (Lipinski definition) is 6. The first-order chi connectivity index (χ1) is 44.2. The Morgan fingerprint density at radius 1 is 0.521 bits per heavy atom. The number of carbonyl (C=O) groups excluding carboxylic acids is 11. The second-order valence-corrected chi connectivity index (χ2v) is 30.9. The summed E-state index contributed by atoms with van der Waals surface area (Å²) in [5.74, 6) is -9.93. The van der Waals surface area contributed by atoms with E-state index in [1.54, 1.807) is 54.5 Å². The van der Waals surface area contributed by atoms with Crippen molar-refractivity contribution in [1.82, 2.24) is 60.5 Å². The van der Waals surface area contributed by atoms with Gasteiger partial charge in [-0.3, -0.25) is 52.7 Å². The minimum atomic E-state index is -1.66. The molecular formula is C70H128N12O13S. The van der Waals surface area contributed by atoms with Gasteiger partial charge in [-0.1, -0.05) is 95.2 Å². The number of aliphatic hydroxyl groups is 2. The van der Waals surface area contributed by atoms with Crippen LogP contribution in [0.5, 0.6) is 0 Å². The van der Waals surface area contributed by atoms with Crippen LogP contribution in [0.15, 0.2) is 12.2 Å². The highest BCUT2D eigenvalue weighted by molar-refractivity contribution is 8.00. The van der Waals surface area contributed by atoms with E-state index in [0.717, 1.165) is 34.5 Å². The molecular weight excluding hydrogens is 1250 g/mol. The van der Waals surface area contributed by atoms with E-state index >= 15 is 33.6 Å². The van der Waals surface area contributed by atoms with Crippen molar-refractivity contribution in [2.24, 2.45) is 35.5 Å². The molecule has 96 heavy (non-hydrogen) atoms. The highest BCUT2D eigenvalue weighted by Crippen LogP contribution is 2.28. The number of rotatable bonds is 22. The van der Waals surface area contributed by atoms with Crippen molar-refractivity contribution >= 4 is 76.7 Å². The predicted octanol–water partition coefficient (Wildman–Crippen LogP) is 4.56. The van der Waals surface area contributed by atoms with Gasteiger partial charge in [-0.25, -0.2) is 0 Å². The van der Waals surface area contributed by atoms with Crippen LogP contribution >= 0.6 is 11.8 Å². The van der Waals surface area contributed by atoms with Gasteiger partial charge in [0.25, 0.3) is 5.91 Å². The minimum absolute atomic E-state index is 0.0284. The number of hydrogen-bond acceptors (Lipinski definition) is 15. The SMILES string of the molecule is C/C=C/C[C@@H](C)[C@@H](O)[C@H]1C(=O)N[C@@H](CC)C(=O)N(C)[C@H](SCCCCN(C)C(C)C)C(=O)N(C)[C@@H](CC(C)(C)O)C(=O)N[C@@H](C(C)C)C(=O)N(C)[C@@H](CC(C)C)C(=O)N[C@@H](C)C(=O)N[C@H](C)C(=O)N(C)[C@@H](CC(C)C)C(=O)N(C)[C@@H](CC(C)C)C(=O)N(C)[C@@H](C(C)C)C(=O)N1C. The Morgan fingerprint density at radius 3 is 1.45 bits per heavy atom. The number of carbonyl (C=O) groups is 11. The summed E-state index contributed by atoms with van der Waals surface area (Å²) < 4.78 is 0. The molecule has 6 N–H and O–H groups in total. The van der Waals surface area contributed by atoms with Crippen LogP contribution in [0.4, 0.5) is 0 Å². The molecule has 0 spiro atoms. The van der Waals surface area contributed by atoms with Crippen molar-refractivity contribution < 1.29 is 63.0 Å². The Hall–Kier alpha value is -5.86. The highest BCUT2D eigenvalue weighted by Gasteiger charge is 2.47. The molecule has 1 aliphatic rings. The average molecular weight is 1380 g/mol. The van der Waals surface area contributed by atoms with E-state index in [-0.39, 0.29) is 62.3 Å². The van der Waals surface area contributed by atoms with Crippen molar-refractivity contribution in [2.45, 2.75) is 266 Å². The lowest BCUT2D eigenvalue weighted by Crippen LogP contribution is -2.64. The monoisotopic (exact) mass is 1380 g/mol. The standard InChI is InChI=1S/C70H128N12O13S/c1-28-30-33-46(15)57(83)56-61(87)73-49(29-2)63(89)82(27)69(96-35-32-31-34-75(20)45(13)14)68(94)79(24)53(39-70(18,19)95)60(86)74-54(43(9)10)66(92)76(21)50(36-40(3)4)59(85)71-47(16)58(84)72-48(17)62(88)77(22)51(37-41(5)6)64(90)78(23)52(38-42(7)8)65(91)80(25)55(44(11)12)67(93)81(56)26/h28,30,40-57,69,83,95H,29,31-39H2,1-27H3,(H,71,85)(H,72,84)(H,73,87)(H,74,86)/b30-28+/t46-,47+,48-,49+,50+,51+,52+,53+,54+,55+,56+,57-,69-/m1/s1. The smallest absolute Gasteiger partial charge is 0.256 e. The van der Waals surface area contributed by atoms with Gasteiger partial charge in [-0.05, 0) is 148 Å². The molecule has 11 amide bonds. The van der Waals surface area contributed by atoms with Crippen LogP contribution in [0, 0.1) is 35.5 Å². The van der Waals surface area contributed by atoms with Gasteiger partial charge in [0.15, 0.2) is 5.37 Å². The Kier molecular flexibility index (Phi) is 37.0. The maximum absolute atomic E-state index is 15.4. The quantitative estimate of drug-likeness (QED) is 0.0640. The Balaban J connectivity index is 4.58. The topological polar surface area (TPSA) is 302 Å². The van der Waals surface area contributed by atoms with E-state index < -0.39 is 160 Å². The van der Waals surface area contributed by atoms with Gasteiger partial charge < -0.3 is 70.7 Å². The number of allylic oxidation sites excluding steroid dienone is 2. The lowest BCUT2D eigenvalue weighted by molar-refractivity contribution is -0.157. The first kappa shape index (κ1) is 88.2. The zero-order valence-corrected chi connectivity index (χ0v) is 64.4. The zero-order valence-electron chi connectivity index (χ0n) is 63.6. The van der Waals surface area contributed by atoms with Crippen molar-refractivity contribution in [3.05, 3.63) is 12.2 Å². The molecule has 1 rings (SSSR count). The van der Waals surface area contributed by atoms with Crippen LogP contribution in [0.2, 0.25) is 0 Å². The first-order valence-corrected chi connectivity index (χ1v) is 35.7. The second kappa shape index (κ2) is 40.3. The maximum Gasteiger partial charge on any atom is 0.256 e. The molecule has 1 fully saturated rings. The van der Waals surface area contributed by atoms with Gasteiger partial charge in [-0.15, -0.1) is 11.8 Å². The lowest BCUT2D eigenvalue weighted by Gasteiger charge is -2.41. The lowest BCUT2D eigenvalue weighted by atomic mass is 9.91. The fourth-order valence-electron chi connectivity index (χ4n) is 11.8. The van der Waals surface area contributed by atoms with E-state index in [0.29, 0.717) is 12.2 Å². The highest BCUT2D eigenvalue weighted by atomic mass is 32.2. The van der Waals surface area contributed by atoms with Crippen LogP contribution in [-0.2, 0) is 52.7 Å². The van der Waals surface area contributed by atoms with E-state index in [1.165, 1.54) is 102 Å². The van der Waals surface area contributed by atoms with Crippen molar-refractivity contribution in [2.75, 3.05) is 68.7 Å². The molecule has 26 heteroatoms. The van der Waals surface area contributed by atoms with E-state index in [2.05, 4.69) is 40.0 Å². The molecule has 0 radical (unpaired) electrons. The van der Waals surface area contributed by atoms with Gasteiger partial charge in [0.1, 0.15) is 60.4 Å². The average Bonchev–Trinajstić information content (AvgIpc) is 0.817. The van der Waals surface area contributed by atoms with E-state index in [1.807, 2.05) is 54.7 Å². The van der Waals surface area contributed by atoms with Crippen molar-refractivity contribution in [1.29, 1.82) is 0 Å². The summed E-state index contributed by atoms with van der Waals surface area (Å²) in [7, 11) is 11.9. The molecule has 13 atom stereocenters. The van der Waals surface area contributed by atoms with E-state index in [9.17, 15) is 29.4 Å². The molecule has 0 aromatic carbocycles. The number of unbranched alkanes of at least 4 members (excludes halogenated alkanes) is 1. The zero-order chi connectivity index (χ0) is 74.5. The number of nitrogens with zero attached hydrogens (tertiary/aromatic N) is 8. The maximum atomic E-state index is 15.4. The van der Waals surface area contributed by atoms with Crippen LogP contribution < -0.4 is 21.3 Å². The molecule has 1 heterocycles. The predicted molar refractivity (Wildman–Crippen MR) is 378 cm³/mol. The molecule has 0 unspecified atom stereocenters. The van der Waals surface area contributed by atoms with Crippen LogP contribution in [0.1, 0.15) is 183 Å². The fraction of sp³-hybridized carbons (Fsp3) is 0.814. The van der Waals surface area contributed by atoms with E-state index in [4.69, 9.17) is 0 Å². The summed E-state index contributed by atoms with van der Waals surface area (Å²) in [6.45, 7) is 33.9. The minimum Gasteiger partial charge on any atom is -0.390 e. The molecule has 0 bridgehead atoms. The van der Waals surface area contributed by atoms with Crippen LogP contribution in [0.25, 0.3) is 0 Å². The molecule has 0 aromatic heterocycles. The van der Waals surface area contributed by atoms with Gasteiger partial charge in [0.05, 0.1) is 11.7 Å². The van der Waals surface area contributed by atoms with Crippen LogP contribution in [0.3, 0.4) is 0 Å². The Labute approximate surface area is 580 Å². The summed E-state index contributed by atoms with van der Waals surface area (Å²) >= 11 is 1.15. The third kappa shape index (κ3) is 25.8. The third-order valence-electron chi connectivity index (χ3n) is 18.3. The van der Waals surface area contributed by atoms with Gasteiger partial charge in [-0.2, -0.15) is 0 Å². The summed E-state index contributed by atoms with van der Waals surface area (Å²) in [4.78, 5) is 175. The molecule has 0 aromatic rings. The van der Waals surface area contributed by atoms with Gasteiger partial charge in [0.2, 0.25) is 59.1 Å².